The smallest absolute Gasteiger partial charge is 0.191 e. The molecule has 0 amide bonds. The Morgan fingerprint density at radius 2 is 2.12 bits per heavy atom. The Labute approximate surface area is 168 Å². The van der Waals surface area contributed by atoms with Crippen LogP contribution in [-0.4, -0.2) is 29.1 Å². The molecule has 25 heavy (non-hydrogen) atoms. The standard InChI is InChI=1S/C17H23FN4OS.HI/c1-3-13-11-21-16(24-13)7-8-20-17(19-4-2)22-10-12-5-6-15(23)14(18)9-12;/h5-6,9,11,23H,3-4,7-8,10H2,1-2H3,(H2,19,20,22);1H. The number of nitrogens with zero attached hydrogens (tertiary/aromatic N) is 2. The number of guanidine groups is 1. The van der Waals surface area contributed by atoms with Gasteiger partial charge in [0.2, 0.25) is 0 Å². The van der Waals surface area contributed by atoms with Crippen LogP contribution in [-0.2, 0) is 19.4 Å². The number of hydrogen-bond donors (Lipinski definition) is 3. The number of halogens is 2. The summed E-state index contributed by atoms with van der Waals surface area (Å²) in [7, 11) is 0. The number of aromatic nitrogens is 1. The lowest BCUT2D eigenvalue weighted by molar-refractivity contribution is 0.432. The van der Waals surface area contributed by atoms with E-state index in [0.717, 1.165) is 30.9 Å². The van der Waals surface area contributed by atoms with Crippen molar-refractivity contribution in [2.45, 2.75) is 33.2 Å². The third-order valence-electron chi connectivity index (χ3n) is 3.36. The zero-order valence-electron chi connectivity index (χ0n) is 14.4. The van der Waals surface area contributed by atoms with Crippen molar-refractivity contribution in [3.05, 3.63) is 45.7 Å². The van der Waals surface area contributed by atoms with Crippen LogP contribution in [0.1, 0.15) is 29.3 Å². The molecule has 0 aliphatic rings. The second kappa shape index (κ2) is 11.2. The van der Waals surface area contributed by atoms with E-state index in [9.17, 15) is 9.50 Å². The third-order valence-corrected chi connectivity index (χ3v) is 4.56. The number of aryl methyl sites for hydroxylation is 1. The van der Waals surface area contributed by atoms with Crippen LogP contribution in [0.15, 0.2) is 29.4 Å². The first-order valence-electron chi connectivity index (χ1n) is 8.05. The van der Waals surface area contributed by atoms with E-state index >= 15 is 0 Å². The molecule has 0 radical (unpaired) electrons. The van der Waals surface area contributed by atoms with E-state index in [1.54, 1.807) is 17.4 Å². The van der Waals surface area contributed by atoms with Crippen LogP contribution in [0.25, 0.3) is 0 Å². The van der Waals surface area contributed by atoms with Crippen molar-refractivity contribution >= 4 is 41.3 Å². The largest absolute Gasteiger partial charge is 0.505 e. The molecule has 138 valence electrons. The normalized spacial score (nSPS) is 11.1. The zero-order chi connectivity index (χ0) is 17.4. The maximum Gasteiger partial charge on any atom is 0.191 e. The molecule has 0 saturated carbocycles. The van der Waals surface area contributed by atoms with Crippen molar-refractivity contribution in [3.63, 3.8) is 0 Å². The van der Waals surface area contributed by atoms with Gasteiger partial charge in [0, 0.05) is 30.6 Å². The Morgan fingerprint density at radius 3 is 2.76 bits per heavy atom. The number of aromatic hydroxyl groups is 1. The van der Waals surface area contributed by atoms with Crippen LogP contribution in [0.5, 0.6) is 5.75 Å². The number of aliphatic imine (C=N–C) groups is 1. The predicted octanol–water partition coefficient (Wildman–Crippen LogP) is 3.47. The summed E-state index contributed by atoms with van der Waals surface area (Å²) in [5, 5.41) is 16.7. The topological polar surface area (TPSA) is 69.5 Å². The number of benzene rings is 1. The Bertz CT molecular complexity index is 693. The highest BCUT2D eigenvalue weighted by Crippen LogP contribution is 2.16. The van der Waals surface area contributed by atoms with Gasteiger partial charge in [0.05, 0.1) is 11.6 Å². The van der Waals surface area contributed by atoms with E-state index in [0.29, 0.717) is 18.1 Å². The summed E-state index contributed by atoms with van der Waals surface area (Å²) in [4.78, 5) is 10.1. The van der Waals surface area contributed by atoms with Gasteiger partial charge in [0.15, 0.2) is 17.5 Å². The van der Waals surface area contributed by atoms with Gasteiger partial charge < -0.3 is 15.7 Å². The minimum Gasteiger partial charge on any atom is -0.505 e. The average molecular weight is 478 g/mol. The molecule has 2 rings (SSSR count). The summed E-state index contributed by atoms with van der Waals surface area (Å²) >= 11 is 1.73. The van der Waals surface area contributed by atoms with Gasteiger partial charge in [-0.3, -0.25) is 0 Å². The molecule has 8 heteroatoms. The van der Waals surface area contributed by atoms with Gasteiger partial charge >= 0.3 is 0 Å². The molecule has 0 atom stereocenters. The number of thiazole rings is 1. The minimum atomic E-state index is -0.629. The van der Waals surface area contributed by atoms with Crippen molar-refractivity contribution in [2.24, 2.45) is 4.99 Å². The van der Waals surface area contributed by atoms with Crippen LogP contribution >= 0.6 is 35.3 Å². The molecule has 1 heterocycles. The van der Waals surface area contributed by atoms with E-state index in [2.05, 4.69) is 27.5 Å². The Balaban J connectivity index is 0.00000312. The highest BCUT2D eigenvalue weighted by atomic mass is 127. The van der Waals surface area contributed by atoms with E-state index in [1.165, 1.54) is 17.0 Å². The van der Waals surface area contributed by atoms with Crippen LogP contribution < -0.4 is 10.6 Å². The molecule has 2 aromatic rings. The van der Waals surface area contributed by atoms with Gasteiger partial charge in [-0.1, -0.05) is 13.0 Å². The zero-order valence-corrected chi connectivity index (χ0v) is 17.5. The fraction of sp³-hybridized carbons (Fsp3) is 0.412. The number of hydrogen-bond acceptors (Lipinski definition) is 4. The molecule has 1 aromatic heterocycles. The molecule has 0 bridgehead atoms. The predicted molar refractivity (Wildman–Crippen MR) is 111 cm³/mol. The van der Waals surface area contributed by atoms with Crippen LogP contribution in [0.2, 0.25) is 0 Å². The molecule has 1 aromatic carbocycles. The van der Waals surface area contributed by atoms with Gasteiger partial charge in [-0.15, -0.1) is 35.3 Å². The number of phenolic OH excluding ortho intramolecular Hbond substituents is 1. The van der Waals surface area contributed by atoms with Crippen LogP contribution in [0.3, 0.4) is 0 Å². The molecule has 0 unspecified atom stereocenters. The van der Waals surface area contributed by atoms with Crippen molar-refractivity contribution in [1.29, 1.82) is 0 Å². The summed E-state index contributed by atoms with van der Waals surface area (Å²) in [5.41, 5.74) is 0.704. The first-order valence-corrected chi connectivity index (χ1v) is 8.87. The number of phenols is 1. The lowest BCUT2D eigenvalue weighted by atomic mass is 10.2. The fourth-order valence-corrected chi connectivity index (χ4v) is 2.94. The van der Waals surface area contributed by atoms with E-state index < -0.39 is 5.82 Å². The van der Waals surface area contributed by atoms with Crippen molar-refractivity contribution in [3.8, 4) is 5.75 Å². The minimum absolute atomic E-state index is 0. The number of rotatable bonds is 7. The molecule has 0 fully saturated rings. The second-order valence-corrected chi connectivity index (χ2v) is 6.43. The molecule has 5 nitrogen and oxygen atoms in total. The SMILES string of the molecule is CCNC(=NCc1ccc(O)c(F)c1)NCCc1ncc(CC)s1.I. The Hall–Kier alpha value is -1.42. The van der Waals surface area contributed by atoms with Gasteiger partial charge in [0.1, 0.15) is 0 Å². The second-order valence-electron chi connectivity index (χ2n) is 5.23. The average Bonchev–Trinajstić information content (AvgIpc) is 3.03. The summed E-state index contributed by atoms with van der Waals surface area (Å²) in [5.74, 6) is -0.294. The van der Waals surface area contributed by atoms with Crippen LogP contribution in [0.4, 0.5) is 4.39 Å². The first kappa shape index (κ1) is 21.6. The summed E-state index contributed by atoms with van der Waals surface area (Å²) in [6, 6.07) is 4.30. The highest BCUT2D eigenvalue weighted by molar-refractivity contribution is 14.0. The fourth-order valence-electron chi connectivity index (χ4n) is 2.08. The molecule has 3 N–H and O–H groups in total. The van der Waals surface area contributed by atoms with Crippen molar-refractivity contribution in [1.82, 2.24) is 15.6 Å². The molecular weight excluding hydrogens is 454 g/mol. The molecular formula is C17H24FIN4OS. The lowest BCUT2D eigenvalue weighted by Crippen LogP contribution is -2.38. The summed E-state index contributed by atoms with van der Waals surface area (Å²) < 4.78 is 13.3. The van der Waals surface area contributed by atoms with E-state index in [4.69, 9.17) is 0 Å². The highest BCUT2D eigenvalue weighted by Gasteiger charge is 2.04. The quantitative estimate of drug-likeness (QED) is 0.324. The van der Waals surface area contributed by atoms with Gasteiger partial charge in [-0.05, 0) is 31.0 Å². The third kappa shape index (κ3) is 7.15. The van der Waals surface area contributed by atoms with Crippen molar-refractivity contribution < 1.29 is 9.50 Å². The Morgan fingerprint density at radius 1 is 1.32 bits per heavy atom. The summed E-state index contributed by atoms with van der Waals surface area (Å²) in [6.45, 7) is 5.92. The van der Waals surface area contributed by atoms with Gasteiger partial charge in [-0.25, -0.2) is 14.4 Å². The van der Waals surface area contributed by atoms with Crippen LogP contribution in [0, 0.1) is 5.82 Å². The molecule has 0 aliphatic carbocycles. The number of nitrogens with one attached hydrogen (secondary N) is 2. The molecule has 0 spiro atoms. The summed E-state index contributed by atoms with van der Waals surface area (Å²) in [6.07, 6.45) is 3.78. The van der Waals surface area contributed by atoms with Gasteiger partial charge in [0.25, 0.3) is 0 Å². The van der Waals surface area contributed by atoms with E-state index in [-0.39, 0.29) is 29.7 Å². The Kier molecular flexibility index (Phi) is 9.73. The maximum absolute atomic E-state index is 13.3. The van der Waals surface area contributed by atoms with E-state index in [1.807, 2.05) is 13.1 Å². The molecule has 0 saturated heterocycles. The van der Waals surface area contributed by atoms with Gasteiger partial charge in [-0.2, -0.15) is 0 Å². The maximum atomic E-state index is 13.3. The van der Waals surface area contributed by atoms with Crippen molar-refractivity contribution in [2.75, 3.05) is 13.1 Å². The monoisotopic (exact) mass is 478 g/mol. The molecule has 0 aliphatic heterocycles. The first-order chi connectivity index (χ1) is 11.6. The lowest BCUT2D eigenvalue weighted by Gasteiger charge is -2.10.